The number of carbonyl (C=O) groups is 2. The van der Waals surface area contributed by atoms with Crippen molar-refractivity contribution in [2.45, 2.75) is 26.1 Å². The molecule has 34 heavy (non-hydrogen) atoms. The molecule has 1 aliphatic rings. The maximum atomic E-state index is 13.4. The monoisotopic (exact) mass is 466 g/mol. The normalized spacial score (nSPS) is 14.2. The first-order valence-electron chi connectivity index (χ1n) is 10.6. The topological polar surface area (TPSA) is 58.6 Å². The van der Waals surface area contributed by atoms with E-state index in [-0.39, 0.29) is 17.0 Å². The summed E-state index contributed by atoms with van der Waals surface area (Å²) >= 11 is 0. The molecule has 0 atom stereocenters. The number of amides is 2. The molecule has 0 bridgehead atoms. The Kier molecular flexibility index (Phi) is 6.15. The molecule has 3 aromatic rings. The smallest absolute Gasteiger partial charge is 0.406 e. The van der Waals surface area contributed by atoms with Gasteiger partial charge in [0.25, 0.3) is 11.8 Å². The Hall–Kier alpha value is -4.07. The van der Waals surface area contributed by atoms with Gasteiger partial charge in [-0.05, 0) is 53.4 Å². The first kappa shape index (κ1) is 23.1. The van der Waals surface area contributed by atoms with E-state index in [1.807, 2.05) is 24.3 Å². The average molecular weight is 466 g/mol. The standard InChI is InChI=1S/C26H21F3N2O3/c1-16(2)17-8-10-19(11-9-17)30-23-22(18-6-4-3-5-7-18)24(32)31(25(23)33)20-12-14-21(15-13-20)34-26(27,28)29/h3-16,30H,1-2H3. The molecule has 3 aromatic carbocycles. The highest BCUT2D eigenvalue weighted by molar-refractivity contribution is 6.46. The van der Waals surface area contributed by atoms with Crippen molar-refractivity contribution < 1.29 is 27.5 Å². The molecule has 174 valence electrons. The van der Waals surface area contributed by atoms with Crippen LogP contribution in [-0.4, -0.2) is 18.2 Å². The minimum atomic E-state index is -4.84. The lowest BCUT2D eigenvalue weighted by Crippen LogP contribution is -2.32. The number of imide groups is 1. The Bertz CT molecular complexity index is 1230. The third kappa shape index (κ3) is 4.80. The van der Waals surface area contributed by atoms with Crippen molar-refractivity contribution in [1.82, 2.24) is 0 Å². The van der Waals surface area contributed by atoms with Crippen molar-refractivity contribution in [3.63, 3.8) is 0 Å². The summed E-state index contributed by atoms with van der Waals surface area (Å²) in [5.41, 5.74) is 2.69. The molecule has 0 aliphatic carbocycles. The second-order valence-corrected chi connectivity index (χ2v) is 8.01. The second-order valence-electron chi connectivity index (χ2n) is 8.01. The average Bonchev–Trinajstić information content (AvgIpc) is 3.03. The summed E-state index contributed by atoms with van der Waals surface area (Å²) in [6.45, 7) is 4.14. The van der Waals surface area contributed by atoms with E-state index in [1.54, 1.807) is 30.3 Å². The number of ether oxygens (including phenoxy) is 1. The number of halogens is 3. The van der Waals surface area contributed by atoms with Gasteiger partial charge in [-0.3, -0.25) is 9.59 Å². The minimum Gasteiger partial charge on any atom is -0.406 e. The minimum absolute atomic E-state index is 0.0871. The number of nitrogens with one attached hydrogen (secondary N) is 1. The van der Waals surface area contributed by atoms with Crippen LogP contribution in [0.15, 0.2) is 84.6 Å². The van der Waals surface area contributed by atoms with Gasteiger partial charge in [-0.1, -0.05) is 56.3 Å². The number of anilines is 2. The highest BCUT2D eigenvalue weighted by Gasteiger charge is 2.40. The van der Waals surface area contributed by atoms with Gasteiger partial charge in [0.1, 0.15) is 11.4 Å². The van der Waals surface area contributed by atoms with Crippen molar-refractivity contribution in [1.29, 1.82) is 0 Å². The third-order valence-electron chi connectivity index (χ3n) is 5.32. The molecule has 0 fully saturated rings. The van der Waals surface area contributed by atoms with Gasteiger partial charge < -0.3 is 10.1 Å². The molecule has 0 unspecified atom stereocenters. The van der Waals surface area contributed by atoms with Crippen LogP contribution < -0.4 is 15.0 Å². The van der Waals surface area contributed by atoms with Crippen LogP contribution in [0.5, 0.6) is 5.75 Å². The van der Waals surface area contributed by atoms with Crippen LogP contribution in [0.2, 0.25) is 0 Å². The Labute approximate surface area is 194 Å². The summed E-state index contributed by atoms with van der Waals surface area (Å²) in [7, 11) is 0. The Morgan fingerprint density at radius 1 is 0.824 bits per heavy atom. The Morgan fingerprint density at radius 2 is 1.44 bits per heavy atom. The van der Waals surface area contributed by atoms with Gasteiger partial charge >= 0.3 is 6.36 Å². The molecule has 0 saturated carbocycles. The van der Waals surface area contributed by atoms with Crippen LogP contribution in [-0.2, 0) is 9.59 Å². The number of carbonyl (C=O) groups excluding carboxylic acids is 2. The molecule has 0 spiro atoms. The van der Waals surface area contributed by atoms with Crippen molar-refractivity contribution in [2.75, 3.05) is 10.2 Å². The molecule has 1 N–H and O–H groups in total. The van der Waals surface area contributed by atoms with E-state index in [0.717, 1.165) is 22.6 Å². The fourth-order valence-corrected chi connectivity index (χ4v) is 3.65. The Balaban J connectivity index is 1.69. The van der Waals surface area contributed by atoms with Gasteiger partial charge in [0, 0.05) is 5.69 Å². The highest BCUT2D eigenvalue weighted by atomic mass is 19.4. The van der Waals surface area contributed by atoms with Crippen molar-refractivity contribution >= 4 is 28.8 Å². The summed E-state index contributed by atoms with van der Waals surface area (Å²) in [4.78, 5) is 27.7. The number of hydrogen-bond donors (Lipinski definition) is 1. The molecule has 5 nitrogen and oxygen atoms in total. The van der Waals surface area contributed by atoms with Crippen molar-refractivity contribution in [3.8, 4) is 5.75 Å². The molecule has 1 heterocycles. The fraction of sp³-hybridized carbons (Fsp3) is 0.154. The summed E-state index contributed by atoms with van der Waals surface area (Å²) in [5, 5.41) is 3.07. The lowest BCUT2D eigenvalue weighted by atomic mass is 10.0. The number of alkyl halides is 3. The number of nitrogens with zero attached hydrogens (tertiary/aromatic N) is 1. The van der Waals surface area contributed by atoms with Gasteiger partial charge in [0.05, 0.1) is 11.3 Å². The molecular formula is C26H21F3N2O3. The van der Waals surface area contributed by atoms with Gasteiger partial charge in [0.15, 0.2) is 0 Å². The summed E-state index contributed by atoms with van der Waals surface area (Å²) in [6.07, 6.45) is -4.84. The van der Waals surface area contributed by atoms with E-state index in [2.05, 4.69) is 23.9 Å². The highest BCUT2D eigenvalue weighted by Crippen LogP contribution is 2.35. The second kappa shape index (κ2) is 9.05. The van der Waals surface area contributed by atoms with E-state index in [4.69, 9.17) is 0 Å². The van der Waals surface area contributed by atoms with Crippen LogP contribution in [0.3, 0.4) is 0 Å². The van der Waals surface area contributed by atoms with Crippen LogP contribution in [0.1, 0.15) is 30.9 Å². The first-order valence-corrected chi connectivity index (χ1v) is 10.6. The summed E-state index contributed by atoms with van der Waals surface area (Å²) in [5.74, 6) is -1.30. The molecule has 0 saturated heterocycles. The third-order valence-corrected chi connectivity index (χ3v) is 5.32. The Morgan fingerprint density at radius 3 is 2.00 bits per heavy atom. The fourth-order valence-electron chi connectivity index (χ4n) is 3.65. The van der Waals surface area contributed by atoms with Crippen LogP contribution in [0.4, 0.5) is 24.5 Å². The number of rotatable bonds is 6. The quantitative estimate of drug-likeness (QED) is 0.446. The predicted molar refractivity (Wildman–Crippen MR) is 123 cm³/mol. The van der Waals surface area contributed by atoms with E-state index >= 15 is 0 Å². The molecule has 8 heteroatoms. The van der Waals surface area contributed by atoms with Gasteiger partial charge in [-0.2, -0.15) is 0 Å². The molecule has 1 aliphatic heterocycles. The number of benzene rings is 3. The molecular weight excluding hydrogens is 445 g/mol. The predicted octanol–water partition coefficient (Wildman–Crippen LogP) is 6.11. The largest absolute Gasteiger partial charge is 0.573 e. The molecule has 4 rings (SSSR count). The summed E-state index contributed by atoms with van der Waals surface area (Å²) in [6, 6.07) is 20.8. The van der Waals surface area contributed by atoms with Gasteiger partial charge in [-0.15, -0.1) is 13.2 Å². The van der Waals surface area contributed by atoms with Crippen LogP contribution in [0.25, 0.3) is 5.57 Å². The van der Waals surface area contributed by atoms with Gasteiger partial charge in [0.2, 0.25) is 0 Å². The molecule has 0 aromatic heterocycles. The van der Waals surface area contributed by atoms with Crippen molar-refractivity contribution in [3.05, 3.63) is 95.7 Å². The van der Waals surface area contributed by atoms with Gasteiger partial charge in [-0.25, -0.2) is 4.90 Å². The SMILES string of the molecule is CC(C)c1ccc(NC2=C(c3ccccc3)C(=O)N(c3ccc(OC(F)(F)F)cc3)C2=O)cc1. The van der Waals surface area contributed by atoms with Crippen LogP contribution >= 0.6 is 0 Å². The van der Waals surface area contributed by atoms with Crippen LogP contribution in [0, 0.1) is 0 Å². The summed E-state index contributed by atoms with van der Waals surface area (Å²) < 4.78 is 41.3. The van der Waals surface area contributed by atoms with E-state index in [9.17, 15) is 22.8 Å². The molecule has 0 radical (unpaired) electrons. The van der Waals surface area contributed by atoms with E-state index in [1.165, 1.54) is 12.1 Å². The maximum absolute atomic E-state index is 13.4. The lowest BCUT2D eigenvalue weighted by molar-refractivity contribution is -0.274. The lowest BCUT2D eigenvalue weighted by Gasteiger charge is -2.16. The zero-order valence-corrected chi connectivity index (χ0v) is 18.4. The zero-order chi connectivity index (χ0) is 24.5. The van der Waals surface area contributed by atoms with Crippen molar-refractivity contribution in [2.24, 2.45) is 0 Å². The number of hydrogen-bond acceptors (Lipinski definition) is 4. The first-order chi connectivity index (χ1) is 16.1. The van der Waals surface area contributed by atoms with E-state index < -0.39 is 23.9 Å². The zero-order valence-electron chi connectivity index (χ0n) is 18.4. The van der Waals surface area contributed by atoms with E-state index in [0.29, 0.717) is 17.2 Å². The molecule has 2 amide bonds. The maximum Gasteiger partial charge on any atom is 0.573 e.